The van der Waals surface area contributed by atoms with Crippen molar-refractivity contribution in [2.75, 3.05) is 12.4 Å². The van der Waals surface area contributed by atoms with Crippen LogP contribution in [0.2, 0.25) is 5.02 Å². The molecule has 130 valence electrons. The highest BCUT2D eigenvalue weighted by Gasteiger charge is 2.20. The summed E-state index contributed by atoms with van der Waals surface area (Å²) in [6, 6.07) is 6.23. The first-order valence-electron chi connectivity index (χ1n) is 7.76. The van der Waals surface area contributed by atoms with Gasteiger partial charge in [-0.3, -0.25) is 9.20 Å². The van der Waals surface area contributed by atoms with Gasteiger partial charge in [-0.25, -0.2) is 9.37 Å². The van der Waals surface area contributed by atoms with Gasteiger partial charge in [0.2, 0.25) is 0 Å². The van der Waals surface area contributed by atoms with Gasteiger partial charge in [-0.2, -0.15) is 0 Å². The molecule has 5 nitrogen and oxygen atoms in total. The minimum absolute atomic E-state index is 0.298. The van der Waals surface area contributed by atoms with E-state index in [1.165, 1.54) is 29.8 Å². The Morgan fingerprint density at radius 2 is 2.16 bits per heavy atom. The van der Waals surface area contributed by atoms with Crippen molar-refractivity contribution in [3.05, 3.63) is 58.3 Å². The number of methoxy groups -OCH3 is 1. The molecule has 2 heterocycles. The van der Waals surface area contributed by atoms with Crippen LogP contribution in [-0.4, -0.2) is 22.4 Å². The van der Waals surface area contributed by atoms with Gasteiger partial charge >= 0.3 is 0 Å². The summed E-state index contributed by atoms with van der Waals surface area (Å²) >= 11 is 6.10. The summed E-state index contributed by atoms with van der Waals surface area (Å²) in [4.78, 5) is 17.3. The number of hydrogen-bond donors (Lipinski definition) is 1. The Labute approximate surface area is 149 Å². The van der Waals surface area contributed by atoms with Crippen molar-refractivity contribution in [2.24, 2.45) is 0 Å². The molecule has 0 unspecified atom stereocenters. The molecular formula is C18H17ClFN3O2. The van der Waals surface area contributed by atoms with Crippen LogP contribution in [0.3, 0.4) is 0 Å². The highest BCUT2D eigenvalue weighted by Crippen LogP contribution is 2.31. The number of aryl methyl sites for hydroxylation is 2. The van der Waals surface area contributed by atoms with Crippen molar-refractivity contribution < 1.29 is 13.9 Å². The van der Waals surface area contributed by atoms with Gasteiger partial charge in [0.15, 0.2) is 0 Å². The number of imidazole rings is 1. The zero-order valence-electron chi connectivity index (χ0n) is 14.1. The van der Waals surface area contributed by atoms with E-state index in [0.29, 0.717) is 39.9 Å². The lowest BCUT2D eigenvalue weighted by molar-refractivity contribution is 0.102. The van der Waals surface area contributed by atoms with Gasteiger partial charge in [0, 0.05) is 17.3 Å². The lowest BCUT2D eigenvalue weighted by Gasteiger charge is -2.12. The van der Waals surface area contributed by atoms with E-state index >= 15 is 0 Å². The van der Waals surface area contributed by atoms with Crippen LogP contribution in [0.4, 0.5) is 10.1 Å². The number of anilines is 1. The Balaban J connectivity index is 2.06. The van der Waals surface area contributed by atoms with Crippen LogP contribution in [0.15, 0.2) is 30.5 Å². The molecule has 0 bridgehead atoms. The average molecular weight is 362 g/mol. The lowest BCUT2D eigenvalue weighted by Crippen LogP contribution is -2.17. The number of nitrogens with zero attached hydrogens (tertiary/aromatic N) is 2. The van der Waals surface area contributed by atoms with Crippen LogP contribution in [0.1, 0.15) is 28.7 Å². The summed E-state index contributed by atoms with van der Waals surface area (Å²) in [5.41, 5.74) is 2.70. The zero-order chi connectivity index (χ0) is 18.1. The fraction of sp³-hybridized carbons (Fsp3) is 0.222. The van der Waals surface area contributed by atoms with E-state index < -0.39 is 11.7 Å². The van der Waals surface area contributed by atoms with Gasteiger partial charge in [0.1, 0.15) is 22.9 Å². The summed E-state index contributed by atoms with van der Waals surface area (Å²) in [6.45, 7) is 3.72. The Kier molecular flexibility index (Phi) is 4.63. The summed E-state index contributed by atoms with van der Waals surface area (Å²) in [7, 11) is 1.50. The topological polar surface area (TPSA) is 55.6 Å². The van der Waals surface area contributed by atoms with Gasteiger partial charge in [0.25, 0.3) is 5.91 Å². The number of hydrogen-bond acceptors (Lipinski definition) is 3. The largest absolute Gasteiger partial charge is 0.495 e. The number of benzene rings is 1. The quantitative estimate of drug-likeness (QED) is 0.755. The van der Waals surface area contributed by atoms with Gasteiger partial charge in [-0.05, 0) is 37.1 Å². The van der Waals surface area contributed by atoms with Crippen LogP contribution < -0.4 is 10.1 Å². The minimum atomic E-state index is -0.443. The molecule has 0 aliphatic heterocycles. The van der Waals surface area contributed by atoms with Crippen molar-refractivity contribution >= 4 is 28.8 Å². The van der Waals surface area contributed by atoms with E-state index in [4.69, 9.17) is 16.3 Å². The van der Waals surface area contributed by atoms with E-state index in [1.54, 1.807) is 12.1 Å². The first-order chi connectivity index (χ1) is 11.9. The van der Waals surface area contributed by atoms with Gasteiger partial charge in [-0.15, -0.1) is 0 Å². The number of rotatable bonds is 4. The van der Waals surface area contributed by atoms with Crippen LogP contribution in [0.25, 0.3) is 5.65 Å². The molecular weight excluding hydrogens is 345 g/mol. The van der Waals surface area contributed by atoms with Gasteiger partial charge < -0.3 is 10.1 Å². The maximum Gasteiger partial charge on any atom is 0.274 e. The van der Waals surface area contributed by atoms with Gasteiger partial charge in [-0.1, -0.05) is 18.5 Å². The first kappa shape index (κ1) is 17.2. The number of carbonyl (C=O) groups is 1. The molecule has 0 aliphatic rings. The van der Waals surface area contributed by atoms with E-state index in [2.05, 4.69) is 10.3 Å². The van der Waals surface area contributed by atoms with Crippen molar-refractivity contribution in [1.29, 1.82) is 0 Å². The summed E-state index contributed by atoms with van der Waals surface area (Å²) in [6.07, 6.45) is 1.80. The predicted molar refractivity (Wildman–Crippen MR) is 95.2 cm³/mol. The Morgan fingerprint density at radius 3 is 2.84 bits per heavy atom. The molecule has 1 aromatic carbocycles. The number of fused-ring (bicyclic) bond motifs is 1. The normalized spacial score (nSPS) is 10.9. The van der Waals surface area contributed by atoms with Crippen LogP contribution in [-0.2, 0) is 6.42 Å². The predicted octanol–water partition coefficient (Wildman–Crippen LogP) is 4.26. The average Bonchev–Trinajstić information content (AvgIpc) is 2.95. The third kappa shape index (κ3) is 3.17. The molecule has 3 aromatic rings. The monoisotopic (exact) mass is 361 g/mol. The molecule has 3 rings (SSSR count). The number of pyridine rings is 1. The van der Waals surface area contributed by atoms with Gasteiger partial charge in [0.05, 0.1) is 18.5 Å². The molecule has 2 aromatic heterocycles. The number of aromatic nitrogens is 2. The van der Waals surface area contributed by atoms with Crippen molar-refractivity contribution in [1.82, 2.24) is 9.38 Å². The molecule has 25 heavy (non-hydrogen) atoms. The second-order valence-corrected chi connectivity index (χ2v) is 6.00. The molecule has 0 spiro atoms. The second kappa shape index (κ2) is 6.72. The maximum absolute atomic E-state index is 13.6. The van der Waals surface area contributed by atoms with E-state index in [-0.39, 0.29) is 0 Å². The molecule has 7 heteroatoms. The highest BCUT2D eigenvalue weighted by molar-refractivity contribution is 6.31. The summed E-state index contributed by atoms with van der Waals surface area (Å²) in [5, 5.41) is 3.35. The molecule has 1 amide bonds. The number of ether oxygens (including phenoxy) is 1. The molecule has 0 fully saturated rings. The summed E-state index contributed by atoms with van der Waals surface area (Å²) < 4.78 is 20.4. The van der Waals surface area contributed by atoms with Crippen LogP contribution >= 0.6 is 11.6 Å². The van der Waals surface area contributed by atoms with E-state index in [0.717, 1.165) is 5.56 Å². The molecule has 1 N–H and O–H groups in total. The number of nitrogens with one attached hydrogen (secondary N) is 1. The molecule has 0 aliphatic carbocycles. The molecule has 0 saturated heterocycles. The number of amides is 1. The minimum Gasteiger partial charge on any atom is -0.495 e. The standard InChI is InChI=1S/C18H17ClFN3O2/c1-4-13-17(23-9-11(20)5-6-16(23)21-13)18(24)22-14-7-10(2)12(19)8-15(14)25-3/h5-9H,4H2,1-3H3,(H,22,24). The Morgan fingerprint density at radius 1 is 1.40 bits per heavy atom. The summed E-state index contributed by atoms with van der Waals surface area (Å²) in [5.74, 6) is -0.390. The number of halogens is 2. The van der Waals surface area contributed by atoms with E-state index in [9.17, 15) is 9.18 Å². The van der Waals surface area contributed by atoms with Crippen LogP contribution in [0.5, 0.6) is 5.75 Å². The molecule has 0 radical (unpaired) electrons. The second-order valence-electron chi connectivity index (χ2n) is 5.59. The molecule has 0 saturated carbocycles. The molecule has 0 atom stereocenters. The Bertz CT molecular complexity index is 969. The lowest BCUT2D eigenvalue weighted by atomic mass is 10.2. The van der Waals surface area contributed by atoms with Crippen LogP contribution in [0, 0.1) is 12.7 Å². The fourth-order valence-corrected chi connectivity index (χ4v) is 2.82. The van der Waals surface area contributed by atoms with Crippen molar-refractivity contribution in [3.8, 4) is 5.75 Å². The third-order valence-electron chi connectivity index (χ3n) is 3.93. The zero-order valence-corrected chi connectivity index (χ0v) is 14.8. The first-order valence-corrected chi connectivity index (χ1v) is 8.14. The maximum atomic E-state index is 13.6. The smallest absolute Gasteiger partial charge is 0.274 e. The highest BCUT2D eigenvalue weighted by atomic mass is 35.5. The third-order valence-corrected chi connectivity index (χ3v) is 4.34. The Hall–Kier alpha value is -2.60. The fourth-order valence-electron chi connectivity index (χ4n) is 2.67. The van der Waals surface area contributed by atoms with Crippen molar-refractivity contribution in [2.45, 2.75) is 20.3 Å². The van der Waals surface area contributed by atoms with Crippen molar-refractivity contribution in [3.63, 3.8) is 0 Å². The SMILES string of the molecule is CCc1nc2ccc(F)cn2c1C(=O)Nc1cc(C)c(Cl)cc1OC. The number of carbonyl (C=O) groups excluding carboxylic acids is 1. The van der Waals surface area contributed by atoms with E-state index in [1.807, 2.05) is 13.8 Å².